The van der Waals surface area contributed by atoms with Gasteiger partial charge >= 0.3 is 0 Å². The van der Waals surface area contributed by atoms with Gasteiger partial charge in [-0.15, -0.1) is 0 Å². The Bertz CT molecular complexity index is 836. The minimum Gasteiger partial charge on any atom is -0.481 e. The maximum atomic E-state index is 12.5. The molecule has 2 rings (SSSR count). The molecular formula is C21H25ClN2O3. The van der Waals surface area contributed by atoms with Gasteiger partial charge in [-0.1, -0.05) is 30.7 Å². The van der Waals surface area contributed by atoms with E-state index in [1.165, 1.54) is 0 Å². The van der Waals surface area contributed by atoms with Crippen LogP contribution in [-0.4, -0.2) is 17.9 Å². The van der Waals surface area contributed by atoms with E-state index in [1.54, 1.807) is 25.1 Å². The predicted molar refractivity (Wildman–Crippen MR) is 110 cm³/mol. The minimum atomic E-state index is -0.708. The number of amides is 2. The zero-order valence-electron chi connectivity index (χ0n) is 16.1. The highest BCUT2D eigenvalue weighted by Gasteiger charge is 2.17. The fourth-order valence-electron chi connectivity index (χ4n) is 2.46. The summed E-state index contributed by atoms with van der Waals surface area (Å²) in [6, 6.07) is 10.8. The van der Waals surface area contributed by atoms with Crippen LogP contribution in [0, 0.1) is 13.8 Å². The molecule has 0 heterocycles. The summed E-state index contributed by atoms with van der Waals surface area (Å²) < 4.78 is 5.80. The Labute approximate surface area is 165 Å². The van der Waals surface area contributed by atoms with Crippen molar-refractivity contribution >= 4 is 34.8 Å². The Kier molecular flexibility index (Phi) is 7.25. The lowest BCUT2D eigenvalue weighted by Crippen LogP contribution is -2.30. The molecule has 0 aliphatic rings. The second-order valence-electron chi connectivity index (χ2n) is 6.51. The summed E-state index contributed by atoms with van der Waals surface area (Å²) in [5, 5.41) is 5.93. The van der Waals surface area contributed by atoms with Crippen molar-refractivity contribution in [3.63, 3.8) is 0 Å². The summed E-state index contributed by atoms with van der Waals surface area (Å²) in [5.74, 6) is 0.267. The first-order chi connectivity index (χ1) is 12.8. The molecule has 0 spiro atoms. The number of hydrogen-bond donors (Lipinski definition) is 2. The van der Waals surface area contributed by atoms with E-state index in [2.05, 4.69) is 10.6 Å². The predicted octanol–water partition coefficient (Wildman–Crippen LogP) is 5.10. The van der Waals surface area contributed by atoms with E-state index < -0.39 is 6.10 Å². The number of carbonyl (C=O) groups excluding carboxylic acids is 2. The van der Waals surface area contributed by atoms with E-state index in [0.717, 1.165) is 17.5 Å². The van der Waals surface area contributed by atoms with Crippen LogP contribution in [0.3, 0.4) is 0 Å². The van der Waals surface area contributed by atoms with Crippen molar-refractivity contribution in [1.82, 2.24) is 0 Å². The smallest absolute Gasteiger partial charge is 0.265 e. The van der Waals surface area contributed by atoms with E-state index in [4.69, 9.17) is 16.3 Å². The third-order valence-electron chi connectivity index (χ3n) is 4.00. The molecule has 1 atom stereocenters. The van der Waals surface area contributed by atoms with E-state index >= 15 is 0 Å². The first-order valence-corrected chi connectivity index (χ1v) is 9.32. The quantitative estimate of drug-likeness (QED) is 0.693. The van der Waals surface area contributed by atoms with Gasteiger partial charge in [-0.25, -0.2) is 0 Å². The molecular weight excluding hydrogens is 364 g/mol. The molecule has 0 saturated heterocycles. The van der Waals surface area contributed by atoms with Crippen LogP contribution < -0.4 is 15.4 Å². The standard InChI is InChI=1S/C21H25ClN2O3/c1-5-6-20(25)23-16-9-10-17(22)18(12-16)24-21(26)15(4)27-19-11-13(2)7-8-14(19)3/h7-12,15H,5-6H2,1-4H3,(H,23,25)(H,24,26). The number of nitrogens with one attached hydrogen (secondary N) is 2. The van der Waals surface area contributed by atoms with Crippen molar-refractivity contribution in [2.24, 2.45) is 0 Å². The molecule has 0 saturated carbocycles. The van der Waals surface area contributed by atoms with Gasteiger partial charge in [-0.05, 0) is 62.6 Å². The van der Waals surface area contributed by atoms with Crippen molar-refractivity contribution in [2.45, 2.75) is 46.6 Å². The molecule has 2 aromatic rings. The molecule has 5 nitrogen and oxygen atoms in total. The van der Waals surface area contributed by atoms with Gasteiger partial charge in [0.05, 0.1) is 10.7 Å². The van der Waals surface area contributed by atoms with Crippen LogP contribution in [0.2, 0.25) is 5.02 Å². The second-order valence-corrected chi connectivity index (χ2v) is 6.92. The Balaban J connectivity index is 2.07. The van der Waals surface area contributed by atoms with Gasteiger partial charge in [0.2, 0.25) is 5.91 Å². The van der Waals surface area contributed by atoms with E-state index in [-0.39, 0.29) is 11.8 Å². The number of benzene rings is 2. The largest absolute Gasteiger partial charge is 0.481 e. The van der Waals surface area contributed by atoms with Crippen molar-refractivity contribution in [3.8, 4) is 5.75 Å². The minimum absolute atomic E-state index is 0.0799. The highest BCUT2D eigenvalue weighted by Crippen LogP contribution is 2.26. The van der Waals surface area contributed by atoms with Crippen LogP contribution in [0.1, 0.15) is 37.8 Å². The number of hydrogen-bond acceptors (Lipinski definition) is 3. The number of anilines is 2. The molecule has 0 bridgehead atoms. The molecule has 0 aliphatic heterocycles. The number of aryl methyl sites for hydroxylation is 2. The summed E-state index contributed by atoms with van der Waals surface area (Å²) in [6.45, 7) is 7.51. The van der Waals surface area contributed by atoms with Crippen LogP contribution in [-0.2, 0) is 9.59 Å². The van der Waals surface area contributed by atoms with E-state index in [0.29, 0.717) is 28.6 Å². The van der Waals surface area contributed by atoms with Crippen molar-refractivity contribution in [3.05, 3.63) is 52.5 Å². The van der Waals surface area contributed by atoms with E-state index in [9.17, 15) is 9.59 Å². The normalized spacial score (nSPS) is 11.6. The lowest BCUT2D eigenvalue weighted by molar-refractivity contribution is -0.122. The molecule has 2 N–H and O–H groups in total. The third-order valence-corrected chi connectivity index (χ3v) is 4.33. The van der Waals surface area contributed by atoms with Gasteiger partial charge in [0.15, 0.2) is 6.10 Å². The van der Waals surface area contributed by atoms with Crippen LogP contribution in [0.4, 0.5) is 11.4 Å². The van der Waals surface area contributed by atoms with Gasteiger partial charge < -0.3 is 15.4 Å². The van der Waals surface area contributed by atoms with Gasteiger partial charge in [0, 0.05) is 12.1 Å². The molecule has 0 radical (unpaired) electrons. The van der Waals surface area contributed by atoms with Crippen LogP contribution in [0.15, 0.2) is 36.4 Å². The molecule has 2 aromatic carbocycles. The molecule has 1 unspecified atom stereocenters. The highest BCUT2D eigenvalue weighted by molar-refractivity contribution is 6.34. The lowest BCUT2D eigenvalue weighted by atomic mass is 10.1. The zero-order valence-corrected chi connectivity index (χ0v) is 16.8. The van der Waals surface area contributed by atoms with Crippen molar-refractivity contribution in [2.75, 3.05) is 10.6 Å². The topological polar surface area (TPSA) is 67.4 Å². The molecule has 27 heavy (non-hydrogen) atoms. The van der Waals surface area contributed by atoms with Gasteiger partial charge in [0.1, 0.15) is 5.75 Å². The summed E-state index contributed by atoms with van der Waals surface area (Å²) >= 11 is 6.18. The Morgan fingerprint density at radius 2 is 1.85 bits per heavy atom. The van der Waals surface area contributed by atoms with Crippen LogP contribution in [0.25, 0.3) is 0 Å². The number of rotatable bonds is 7. The number of halogens is 1. The fourth-order valence-corrected chi connectivity index (χ4v) is 2.63. The average molecular weight is 389 g/mol. The van der Waals surface area contributed by atoms with Crippen molar-refractivity contribution in [1.29, 1.82) is 0 Å². The summed E-state index contributed by atoms with van der Waals surface area (Å²) in [4.78, 5) is 24.3. The first-order valence-electron chi connectivity index (χ1n) is 8.94. The maximum absolute atomic E-state index is 12.5. The first kappa shape index (κ1) is 20.8. The molecule has 0 aliphatic carbocycles. The van der Waals surface area contributed by atoms with Gasteiger partial charge in [-0.2, -0.15) is 0 Å². The summed E-state index contributed by atoms with van der Waals surface area (Å²) in [7, 11) is 0. The Morgan fingerprint density at radius 3 is 2.56 bits per heavy atom. The Morgan fingerprint density at radius 1 is 1.11 bits per heavy atom. The average Bonchev–Trinajstić information content (AvgIpc) is 2.61. The van der Waals surface area contributed by atoms with Crippen molar-refractivity contribution < 1.29 is 14.3 Å². The van der Waals surface area contributed by atoms with E-state index in [1.807, 2.05) is 39.0 Å². The second kappa shape index (κ2) is 9.42. The molecule has 6 heteroatoms. The van der Waals surface area contributed by atoms with Crippen LogP contribution >= 0.6 is 11.6 Å². The molecule has 0 aromatic heterocycles. The molecule has 144 valence electrons. The highest BCUT2D eigenvalue weighted by atomic mass is 35.5. The number of carbonyl (C=O) groups is 2. The van der Waals surface area contributed by atoms with Gasteiger partial charge in [0.25, 0.3) is 5.91 Å². The van der Waals surface area contributed by atoms with Gasteiger partial charge in [-0.3, -0.25) is 9.59 Å². The summed E-state index contributed by atoms with van der Waals surface area (Å²) in [5.41, 5.74) is 3.02. The SMILES string of the molecule is CCCC(=O)Nc1ccc(Cl)c(NC(=O)C(C)Oc2cc(C)ccc2C)c1. The zero-order chi connectivity index (χ0) is 20.0. The molecule has 2 amide bonds. The third kappa shape index (κ3) is 6.00. The molecule has 0 fully saturated rings. The Hall–Kier alpha value is -2.53. The lowest BCUT2D eigenvalue weighted by Gasteiger charge is -2.17. The van der Waals surface area contributed by atoms with Crippen LogP contribution in [0.5, 0.6) is 5.75 Å². The maximum Gasteiger partial charge on any atom is 0.265 e. The summed E-state index contributed by atoms with van der Waals surface area (Å²) in [6.07, 6.45) is 0.487. The fraction of sp³-hybridized carbons (Fsp3) is 0.333. The monoisotopic (exact) mass is 388 g/mol. The number of ether oxygens (including phenoxy) is 1.